The summed E-state index contributed by atoms with van der Waals surface area (Å²) in [6.07, 6.45) is 1.48. The van der Waals surface area contributed by atoms with Crippen molar-refractivity contribution in [2.45, 2.75) is 6.92 Å². The second-order valence-corrected chi connectivity index (χ2v) is 5.37. The molecule has 0 spiro atoms. The molecule has 0 bridgehead atoms. The van der Waals surface area contributed by atoms with Crippen LogP contribution in [-0.4, -0.2) is 19.9 Å². The zero-order valence-electron chi connectivity index (χ0n) is 7.79. The molecular weight excluding hydrogens is 306 g/mol. The molecule has 0 amide bonds. The Hall–Kier alpha value is -0.370. The molecule has 0 unspecified atom stereocenters. The van der Waals surface area contributed by atoms with Crippen LogP contribution >= 0.6 is 27.5 Å². The molecule has 0 aliphatic carbocycles. The molecule has 5 nitrogen and oxygen atoms in total. The number of hydrogen-bond acceptors (Lipinski definition) is 3. The van der Waals surface area contributed by atoms with E-state index in [1.54, 1.807) is 6.92 Å². The summed E-state index contributed by atoms with van der Waals surface area (Å²) >= 11 is 8.88. The number of halogens is 2. The van der Waals surface area contributed by atoms with Crippen molar-refractivity contribution >= 4 is 43.4 Å². The number of anilines is 1. The van der Waals surface area contributed by atoms with E-state index < -0.39 is 10.2 Å². The largest absolute Gasteiger partial charge is 0.299 e. The lowest BCUT2D eigenvalue weighted by Crippen LogP contribution is -2.29. The average molecular weight is 315 g/mol. The Bertz CT molecular complexity index is 452. The molecule has 0 aromatic carbocycles. The minimum absolute atomic E-state index is 0.0969. The summed E-state index contributed by atoms with van der Waals surface area (Å²) in [5, 5.41) is 0.0969. The second-order valence-electron chi connectivity index (χ2n) is 2.60. The summed E-state index contributed by atoms with van der Waals surface area (Å²) in [6.45, 7) is 1.98. The highest BCUT2D eigenvalue weighted by Gasteiger charge is 2.11. The SMILES string of the molecule is CCNS(=O)(=O)Nc1cc(Br)cnc1Cl. The summed E-state index contributed by atoms with van der Waals surface area (Å²) in [5.74, 6) is 0. The number of aromatic nitrogens is 1. The zero-order valence-corrected chi connectivity index (χ0v) is 10.9. The van der Waals surface area contributed by atoms with Gasteiger partial charge >= 0.3 is 0 Å². The maximum absolute atomic E-state index is 11.3. The highest BCUT2D eigenvalue weighted by atomic mass is 79.9. The lowest BCUT2D eigenvalue weighted by molar-refractivity contribution is 0.589. The Kier molecular flexibility index (Phi) is 4.32. The van der Waals surface area contributed by atoms with Gasteiger partial charge in [-0.05, 0) is 22.0 Å². The van der Waals surface area contributed by atoms with Gasteiger partial charge in [0.15, 0.2) is 5.15 Å². The molecule has 0 aliphatic heterocycles. The van der Waals surface area contributed by atoms with Gasteiger partial charge in [0.25, 0.3) is 10.2 Å². The van der Waals surface area contributed by atoms with E-state index in [9.17, 15) is 8.42 Å². The van der Waals surface area contributed by atoms with Crippen LogP contribution in [0.4, 0.5) is 5.69 Å². The third kappa shape index (κ3) is 3.94. The molecule has 0 atom stereocenters. The molecule has 0 saturated carbocycles. The molecule has 8 heteroatoms. The van der Waals surface area contributed by atoms with Crippen molar-refractivity contribution in [3.63, 3.8) is 0 Å². The van der Waals surface area contributed by atoms with Gasteiger partial charge < -0.3 is 0 Å². The van der Waals surface area contributed by atoms with Gasteiger partial charge in [0.1, 0.15) is 0 Å². The van der Waals surface area contributed by atoms with E-state index in [0.717, 1.165) is 0 Å². The Balaban J connectivity index is 2.94. The van der Waals surface area contributed by atoms with Crippen molar-refractivity contribution in [1.82, 2.24) is 9.71 Å². The fourth-order valence-corrected chi connectivity index (χ4v) is 2.30. The lowest BCUT2D eigenvalue weighted by atomic mass is 10.4. The minimum atomic E-state index is -3.57. The average Bonchev–Trinajstić information content (AvgIpc) is 2.10. The summed E-state index contributed by atoms with van der Waals surface area (Å²) in [4.78, 5) is 3.79. The van der Waals surface area contributed by atoms with E-state index in [1.165, 1.54) is 12.3 Å². The summed E-state index contributed by atoms with van der Waals surface area (Å²) in [5.41, 5.74) is 0.229. The molecular formula is C7H9BrClN3O2S. The van der Waals surface area contributed by atoms with E-state index in [2.05, 4.69) is 30.4 Å². The molecule has 1 heterocycles. The first kappa shape index (κ1) is 12.7. The van der Waals surface area contributed by atoms with Gasteiger partial charge in [-0.3, -0.25) is 4.72 Å². The lowest BCUT2D eigenvalue weighted by Gasteiger charge is -2.08. The quantitative estimate of drug-likeness (QED) is 0.832. The zero-order chi connectivity index (χ0) is 11.5. The minimum Gasteiger partial charge on any atom is -0.268 e. The molecule has 0 radical (unpaired) electrons. The molecule has 84 valence electrons. The van der Waals surface area contributed by atoms with Gasteiger partial charge in [0.2, 0.25) is 0 Å². The molecule has 1 rings (SSSR count). The van der Waals surface area contributed by atoms with Crippen LogP contribution < -0.4 is 9.44 Å². The molecule has 0 fully saturated rings. The van der Waals surface area contributed by atoms with Crippen molar-refractivity contribution in [2.24, 2.45) is 0 Å². The third-order valence-corrected chi connectivity index (χ3v) is 3.28. The molecule has 15 heavy (non-hydrogen) atoms. The molecule has 2 N–H and O–H groups in total. The number of hydrogen-bond donors (Lipinski definition) is 2. The first-order valence-corrected chi connectivity index (χ1v) is 6.68. The Morgan fingerprint density at radius 1 is 1.60 bits per heavy atom. The van der Waals surface area contributed by atoms with Crippen LogP contribution in [0.15, 0.2) is 16.7 Å². The maximum atomic E-state index is 11.3. The van der Waals surface area contributed by atoms with E-state index >= 15 is 0 Å². The van der Waals surface area contributed by atoms with Crippen LogP contribution in [0.1, 0.15) is 6.92 Å². The first-order valence-electron chi connectivity index (χ1n) is 4.03. The van der Waals surface area contributed by atoms with Crippen LogP contribution in [0.2, 0.25) is 5.15 Å². The Morgan fingerprint density at radius 2 is 2.27 bits per heavy atom. The van der Waals surface area contributed by atoms with Gasteiger partial charge in [0, 0.05) is 17.2 Å². The van der Waals surface area contributed by atoms with Crippen molar-refractivity contribution in [3.8, 4) is 0 Å². The van der Waals surface area contributed by atoms with E-state index in [0.29, 0.717) is 11.0 Å². The van der Waals surface area contributed by atoms with Crippen LogP contribution in [0.5, 0.6) is 0 Å². The maximum Gasteiger partial charge on any atom is 0.299 e. The fraction of sp³-hybridized carbons (Fsp3) is 0.286. The number of pyridine rings is 1. The molecule has 0 saturated heterocycles. The Labute approximate surface area is 102 Å². The summed E-state index contributed by atoms with van der Waals surface area (Å²) in [7, 11) is -3.57. The third-order valence-electron chi connectivity index (χ3n) is 1.38. The standard InChI is InChI=1S/C7H9BrClN3O2S/c1-2-11-15(13,14)12-6-3-5(8)4-10-7(6)9/h3-4,11-12H,2H2,1H3. The van der Waals surface area contributed by atoms with Crippen LogP contribution in [-0.2, 0) is 10.2 Å². The topological polar surface area (TPSA) is 71.1 Å². The molecule has 1 aromatic heterocycles. The predicted octanol–water partition coefficient (Wildman–Crippen LogP) is 1.76. The number of nitrogens with zero attached hydrogens (tertiary/aromatic N) is 1. The van der Waals surface area contributed by atoms with Gasteiger partial charge in [-0.1, -0.05) is 18.5 Å². The second kappa shape index (κ2) is 5.11. The normalized spacial score (nSPS) is 11.4. The smallest absolute Gasteiger partial charge is 0.268 e. The number of rotatable bonds is 4. The van der Waals surface area contributed by atoms with E-state index in [1.807, 2.05) is 0 Å². The summed E-state index contributed by atoms with van der Waals surface area (Å²) < 4.78 is 27.9. The fourth-order valence-electron chi connectivity index (χ4n) is 0.865. The predicted molar refractivity (Wildman–Crippen MR) is 63.2 cm³/mol. The van der Waals surface area contributed by atoms with Gasteiger partial charge in [0.05, 0.1) is 5.69 Å². The van der Waals surface area contributed by atoms with E-state index in [-0.39, 0.29) is 10.8 Å². The Morgan fingerprint density at radius 3 is 2.87 bits per heavy atom. The monoisotopic (exact) mass is 313 g/mol. The van der Waals surface area contributed by atoms with Crippen LogP contribution in [0.25, 0.3) is 0 Å². The highest BCUT2D eigenvalue weighted by Crippen LogP contribution is 2.23. The van der Waals surface area contributed by atoms with Crippen molar-refractivity contribution in [3.05, 3.63) is 21.9 Å². The first-order chi connectivity index (χ1) is 6.94. The van der Waals surface area contributed by atoms with Crippen LogP contribution in [0, 0.1) is 0 Å². The van der Waals surface area contributed by atoms with Gasteiger partial charge in [-0.2, -0.15) is 13.1 Å². The van der Waals surface area contributed by atoms with E-state index in [4.69, 9.17) is 11.6 Å². The van der Waals surface area contributed by atoms with Crippen molar-refractivity contribution < 1.29 is 8.42 Å². The number of nitrogens with one attached hydrogen (secondary N) is 2. The molecule has 0 aliphatic rings. The van der Waals surface area contributed by atoms with Gasteiger partial charge in [-0.25, -0.2) is 4.98 Å². The van der Waals surface area contributed by atoms with Gasteiger partial charge in [-0.15, -0.1) is 0 Å². The van der Waals surface area contributed by atoms with Crippen molar-refractivity contribution in [2.75, 3.05) is 11.3 Å². The molecule has 1 aromatic rings. The van der Waals surface area contributed by atoms with Crippen LogP contribution in [0.3, 0.4) is 0 Å². The summed E-state index contributed by atoms with van der Waals surface area (Å²) in [6, 6.07) is 1.53. The van der Waals surface area contributed by atoms with Crippen molar-refractivity contribution in [1.29, 1.82) is 0 Å². The highest BCUT2D eigenvalue weighted by molar-refractivity contribution is 9.10.